The number of fused-ring (bicyclic) bond motifs is 2. The molecule has 2 aromatic heterocycles. The molecule has 1 aliphatic heterocycles. The lowest BCUT2D eigenvalue weighted by Crippen LogP contribution is -2.54. The summed E-state index contributed by atoms with van der Waals surface area (Å²) in [6.07, 6.45) is 2.87. The maximum atomic E-state index is 12.4. The minimum atomic E-state index is 0.0555. The van der Waals surface area contributed by atoms with E-state index in [1.54, 1.807) is 11.3 Å². The normalized spacial score (nSPS) is 14.6. The molecule has 0 spiro atoms. The molecule has 6 heteroatoms. The third kappa shape index (κ3) is 3.06. The van der Waals surface area contributed by atoms with Crippen LogP contribution in [0.15, 0.2) is 54.7 Å². The van der Waals surface area contributed by atoms with Crippen molar-refractivity contribution in [1.82, 2.24) is 15.3 Å². The van der Waals surface area contributed by atoms with Crippen molar-refractivity contribution in [2.24, 2.45) is 5.92 Å². The summed E-state index contributed by atoms with van der Waals surface area (Å²) in [4.78, 5) is 22.5. The van der Waals surface area contributed by atoms with Gasteiger partial charge in [-0.1, -0.05) is 41.7 Å². The number of nitrogens with one attached hydrogen (secondary N) is 2. The largest absolute Gasteiger partial charge is 0.361 e. The number of aromatic nitrogens is 2. The predicted octanol–water partition coefficient (Wildman–Crippen LogP) is 3.57. The Morgan fingerprint density at radius 3 is 2.89 bits per heavy atom. The van der Waals surface area contributed by atoms with Gasteiger partial charge in [0, 0.05) is 36.7 Å². The Balaban J connectivity index is 1.14. The van der Waals surface area contributed by atoms with E-state index in [2.05, 4.69) is 38.4 Å². The zero-order chi connectivity index (χ0) is 18.2. The van der Waals surface area contributed by atoms with E-state index in [-0.39, 0.29) is 11.8 Å². The maximum absolute atomic E-state index is 12.4. The van der Waals surface area contributed by atoms with Crippen LogP contribution in [0.4, 0.5) is 5.13 Å². The number of carbonyl (C=O) groups is 1. The Labute approximate surface area is 161 Å². The summed E-state index contributed by atoms with van der Waals surface area (Å²) in [5.41, 5.74) is 3.42. The van der Waals surface area contributed by atoms with Crippen LogP contribution in [0.3, 0.4) is 0 Å². The Morgan fingerprint density at radius 1 is 1.19 bits per heavy atom. The second-order valence-corrected chi connectivity index (χ2v) is 7.98. The lowest BCUT2D eigenvalue weighted by Gasteiger charge is -2.37. The molecule has 1 fully saturated rings. The number of amides is 1. The smallest absolute Gasteiger partial charge is 0.226 e. The van der Waals surface area contributed by atoms with Crippen LogP contribution in [0, 0.1) is 5.92 Å². The van der Waals surface area contributed by atoms with Gasteiger partial charge in [-0.15, -0.1) is 0 Å². The first-order valence-electron chi connectivity index (χ1n) is 9.21. The van der Waals surface area contributed by atoms with Gasteiger partial charge in [-0.2, -0.15) is 0 Å². The third-order valence-corrected chi connectivity index (χ3v) is 6.27. The van der Waals surface area contributed by atoms with E-state index in [0.29, 0.717) is 6.54 Å². The number of anilines is 1. The molecule has 0 atom stereocenters. The fourth-order valence-corrected chi connectivity index (χ4v) is 4.58. The molecule has 2 aromatic carbocycles. The van der Waals surface area contributed by atoms with Crippen LogP contribution in [0.2, 0.25) is 0 Å². The topological polar surface area (TPSA) is 61.0 Å². The van der Waals surface area contributed by atoms with Gasteiger partial charge < -0.3 is 15.2 Å². The zero-order valence-electron chi connectivity index (χ0n) is 14.8. The molecule has 0 saturated carbocycles. The van der Waals surface area contributed by atoms with Crippen molar-refractivity contribution < 1.29 is 4.79 Å². The Morgan fingerprint density at radius 2 is 2.00 bits per heavy atom. The molecule has 1 saturated heterocycles. The van der Waals surface area contributed by atoms with Crippen LogP contribution in [0.25, 0.3) is 21.1 Å². The highest BCUT2D eigenvalue weighted by molar-refractivity contribution is 7.22. The number of thiazole rings is 1. The fourth-order valence-electron chi connectivity index (χ4n) is 3.60. The summed E-state index contributed by atoms with van der Waals surface area (Å²) in [5, 5.41) is 5.34. The molecule has 1 amide bonds. The van der Waals surface area contributed by atoms with E-state index in [1.807, 2.05) is 36.5 Å². The summed E-state index contributed by atoms with van der Waals surface area (Å²) in [6, 6.07) is 16.4. The van der Waals surface area contributed by atoms with Crippen molar-refractivity contribution in [3.05, 3.63) is 60.3 Å². The number of rotatable bonds is 5. The molecule has 136 valence electrons. The minimum absolute atomic E-state index is 0.0555. The second-order valence-electron chi connectivity index (χ2n) is 6.97. The summed E-state index contributed by atoms with van der Waals surface area (Å²) < 4.78 is 1.19. The van der Waals surface area contributed by atoms with Crippen molar-refractivity contribution >= 4 is 43.5 Å². The number of hydrogen-bond acceptors (Lipinski definition) is 4. The minimum Gasteiger partial charge on any atom is -0.361 e. The van der Waals surface area contributed by atoms with E-state index < -0.39 is 0 Å². The Hall–Kier alpha value is -2.86. The molecule has 5 nitrogen and oxygen atoms in total. The first-order chi connectivity index (χ1) is 13.3. The Bertz CT molecular complexity index is 1080. The van der Waals surface area contributed by atoms with Crippen LogP contribution in [0.1, 0.15) is 5.56 Å². The van der Waals surface area contributed by atoms with Gasteiger partial charge in [0.15, 0.2) is 5.13 Å². The first kappa shape index (κ1) is 16.3. The average Bonchev–Trinajstić information content (AvgIpc) is 3.24. The van der Waals surface area contributed by atoms with Crippen LogP contribution in [-0.2, 0) is 11.2 Å². The molecule has 1 aliphatic rings. The molecular formula is C21H20N4OS. The monoisotopic (exact) mass is 376 g/mol. The number of para-hydroxylation sites is 2. The van der Waals surface area contributed by atoms with Crippen molar-refractivity contribution in [2.75, 3.05) is 24.5 Å². The standard InChI is InChI=1S/C21H20N4OS/c26-20(22-10-9-14-11-23-17-6-2-1-5-16(14)17)15-12-25(13-15)21-24-18-7-3-4-8-19(18)27-21/h1-8,11,15,23H,9-10,12-13H2,(H,22,26). The number of aromatic amines is 1. The summed E-state index contributed by atoms with van der Waals surface area (Å²) in [6.45, 7) is 2.16. The van der Waals surface area contributed by atoms with E-state index in [9.17, 15) is 4.79 Å². The van der Waals surface area contributed by atoms with Gasteiger partial charge in [-0.25, -0.2) is 4.98 Å². The lowest BCUT2D eigenvalue weighted by atomic mass is 10.00. The van der Waals surface area contributed by atoms with E-state index in [1.165, 1.54) is 15.6 Å². The number of nitrogens with zero attached hydrogens (tertiary/aromatic N) is 2. The van der Waals surface area contributed by atoms with Crippen LogP contribution in [-0.4, -0.2) is 35.5 Å². The molecule has 3 heterocycles. The summed E-state index contributed by atoms with van der Waals surface area (Å²) >= 11 is 1.69. The van der Waals surface area contributed by atoms with Gasteiger partial charge >= 0.3 is 0 Å². The molecular weight excluding hydrogens is 356 g/mol. The van der Waals surface area contributed by atoms with E-state index >= 15 is 0 Å². The first-order valence-corrected chi connectivity index (χ1v) is 10.0. The van der Waals surface area contributed by atoms with Gasteiger partial charge in [0.05, 0.1) is 16.1 Å². The van der Waals surface area contributed by atoms with Gasteiger partial charge in [-0.3, -0.25) is 4.79 Å². The van der Waals surface area contributed by atoms with Gasteiger partial charge in [0.25, 0.3) is 0 Å². The molecule has 0 aliphatic carbocycles. The number of carbonyl (C=O) groups excluding carboxylic acids is 1. The molecule has 0 unspecified atom stereocenters. The predicted molar refractivity (Wildman–Crippen MR) is 110 cm³/mol. The molecule has 0 radical (unpaired) electrons. The van der Waals surface area contributed by atoms with Crippen molar-refractivity contribution in [1.29, 1.82) is 0 Å². The van der Waals surface area contributed by atoms with Gasteiger partial charge in [0.1, 0.15) is 0 Å². The van der Waals surface area contributed by atoms with Crippen LogP contribution < -0.4 is 10.2 Å². The van der Waals surface area contributed by atoms with E-state index in [0.717, 1.165) is 35.7 Å². The van der Waals surface area contributed by atoms with Crippen LogP contribution >= 0.6 is 11.3 Å². The number of benzene rings is 2. The molecule has 0 bridgehead atoms. The average molecular weight is 376 g/mol. The second kappa shape index (κ2) is 6.70. The number of H-pyrrole nitrogens is 1. The van der Waals surface area contributed by atoms with Crippen molar-refractivity contribution in [3.8, 4) is 0 Å². The molecule has 2 N–H and O–H groups in total. The highest BCUT2D eigenvalue weighted by Gasteiger charge is 2.34. The quantitative estimate of drug-likeness (QED) is 0.560. The van der Waals surface area contributed by atoms with Crippen molar-refractivity contribution in [2.45, 2.75) is 6.42 Å². The highest BCUT2D eigenvalue weighted by atomic mass is 32.1. The Kier molecular flexibility index (Phi) is 4.05. The van der Waals surface area contributed by atoms with Gasteiger partial charge in [0.2, 0.25) is 5.91 Å². The molecule has 4 aromatic rings. The fraction of sp³-hybridized carbons (Fsp3) is 0.238. The zero-order valence-corrected chi connectivity index (χ0v) is 15.6. The summed E-state index contributed by atoms with van der Waals surface area (Å²) in [5.74, 6) is 0.201. The van der Waals surface area contributed by atoms with E-state index in [4.69, 9.17) is 0 Å². The lowest BCUT2D eigenvalue weighted by molar-refractivity contribution is -0.125. The number of hydrogen-bond donors (Lipinski definition) is 2. The molecule has 5 rings (SSSR count). The summed E-state index contributed by atoms with van der Waals surface area (Å²) in [7, 11) is 0. The van der Waals surface area contributed by atoms with Gasteiger partial charge in [-0.05, 0) is 30.2 Å². The maximum Gasteiger partial charge on any atom is 0.226 e. The molecule has 27 heavy (non-hydrogen) atoms. The SMILES string of the molecule is O=C(NCCc1c[nH]c2ccccc12)C1CN(c2nc3ccccc3s2)C1. The van der Waals surface area contributed by atoms with Crippen LogP contribution in [0.5, 0.6) is 0 Å². The van der Waals surface area contributed by atoms with Crippen molar-refractivity contribution in [3.63, 3.8) is 0 Å². The third-order valence-electron chi connectivity index (χ3n) is 5.17. The highest BCUT2D eigenvalue weighted by Crippen LogP contribution is 2.32.